The topological polar surface area (TPSA) is 50.1 Å². The van der Waals surface area contributed by atoms with Gasteiger partial charge in [-0.2, -0.15) is 5.26 Å². The highest BCUT2D eigenvalue weighted by molar-refractivity contribution is 8.00. The van der Waals surface area contributed by atoms with Gasteiger partial charge in [-0.15, -0.1) is 11.8 Å². The summed E-state index contributed by atoms with van der Waals surface area (Å²) < 4.78 is 5.03. The third-order valence-electron chi connectivity index (χ3n) is 1.33. The van der Waals surface area contributed by atoms with E-state index >= 15 is 0 Å². The van der Waals surface area contributed by atoms with Crippen molar-refractivity contribution in [2.75, 3.05) is 5.75 Å². The summed E-state index contributed by atoms with van der Waals surface area (Å²) in [5, 5.41) is 8.16. The molecular weight excluding hydrogens is 186 g/mol. The van der Waals surface area contributed by atoms with E-state index in [1.807, 2.05) is 26.8 Å². The molecule has 0 fully saturated rings. The molecule has 0 bridgehead atoms. The SMILES string of the molecule is CCC(SCC#N)C(=O)OC(C)C. The van der Waals surface area contributed by atoms with Crippen LogP contribution in [0.4, 0.5) is 0 Å². The van der Waals surface area contributed by atoms with Crippen LogP contribution in [-0.2, 0) is 9.53 Å². The molecule has 1 unspecified atom stereocenters. The molecule has 0 rings (SSSR count). The molecule has 0 radical (unpaired) electrons. The molecule has 3 nitrogen and oxygen atoms in total. The summed E-state index contributed by atoms with van der Waals surface area (Å²) in [6.07, 6.45) is 0.627. The van der Waals surface area contributed by atoms with Crippen LogP contribution >= 0.6 is 11.8 Å². The van der Waals surface area contributed by atoms with Gasteiger partial charge in [0, 0.05) is 0 Å². The second kappa shape index (κ2) is 6.79. The molecule has 1 atom stereocenters. The number of ether oxygens (including phenoxy) is 1. The average Bonchev–Trinajstić information content (AvgIpc) is 2.04. The Morgan fingerprint density at radius 1 is 1.62 bits per heavy atom. The molecule has 0 aliphatic rings. The van der Waals surface area contributed by atoms with E-state index in [1.54, 1.807) is 0 Å². The average molecular weight is 201 g/mol. The van der Waals surface area contributed by atoms with Crippen LogP contribution in [0.5, 0.6) is 0 Å². The fourth-order valence-electron chi connectivity index (χ4n) is 0.799. The summed E-state index contributed by atoms with van der Waals surface area (Å²) in [6.45, 7) is 5.55. The van der Waals surface area contributed by atoms with Crippen molar-refractivity contribution in [3.8, 4) is 6.07 Å². The standard InChI is InChI=1S/C9H15NO2S/c1-4-8(13-6-5-10)9(11)12-7(2)3/h7-8H,4,6H2,1-3H3. The quantitative estimate of drug-likeness (QED) is 0.638. The third-order valence-corrected chi connectivity index (χ3v) is 2.56. The van der Waals surface area contributed by atoms with Gasteiger partial charge >= 0.3 is 5.97 Å². The molecule has 0 aliphatic carbocycles. The van der Waals surface area contributed by atoms with Crippen molar-refractivity contribution in [1.82, 2.24) is 0 Å². The summed E-state index contributed by atoms with van der Waals surface area (Å²) in [6, 6.07) is 2.00. The van der Waals surface area contributed by atoms with Crippen LogP contribution in [0.15, 0.2) is 0 Å². The lowest BCUT2D eigenvalue weighted by atomic mass is 10.3. The van der Waals surface area contributed by atoms with Gasteiger partial charge in [0.25, 0.3) is 0 Å². The van der Waals surface area contributed by atoms with Gasteiger partial charge in [-0.05, 0) is 20.3 Å². The highest BCUT2D eigenvalue weighted by atomic mass is 32.2. The number of carbonyl (C=O) groups excluding carboxylic acids is 1. The molecule has 0 amide bonds. The Bertz CT molecular complexity index is 198. The minimum absolute atomic E-state index is 0.0794. The van der Waals surface area contributed by atoms with Crippen molar-refractivity contribution >= 4 is 17.7 Å². The molecule has 0 aromatic carbocycles. The van der Waals surface area contributed by atoms with Gasteiger partial charge in [-0.1, -0.05) is 6.92 Å². The Morgan fingerprint density at radius 3 is 2.62 bits per heavy atom. The van der Waals surface area contributed by atoms with E-state index in [1.165, 1.54) is 11.8 Å². The first-order chi connectivity index (χ1) is 6.11. The maximum atomic E-state index is 11.3. The fraction of sp³-hybridized carbons (Fsp3) is 0.778. The minimum Gasteiger partial charge on any atom is -0.462 e. The summed E-state index contributed by atoms with van der Waals surface area (Å²) in [5.41, 5.74) is 0. The van der Waals surface area contributed by atoms with Gasteiger partial charge in [0.15, 0.2) is 0 Å². The zero-order valence-corrected chi connectivity index (χ0v) is 9.06. The molecule has 74 valence electrons. The number of nitrogens with zero attached hydrogens (tertiary/aromatic N) is 1. The predicted molar refractivity (Wildman–Crippen MR) is 53.4 cm³/mol. The molecule has 0 N–H and O–H groups in total. The molecule has 0 aromatic heterocycles. The van der Waals surface area contributed by atoms with Gasteiger partial charge in [-0.3, -0.25) is 4.79 Å². The van der Waals surface area contributed by atoms with Crippen LogP contribution in [0.2, 0.25) is 0 Å². The number of carbonyl (C=O) groups is 1. The zero-order chi connectivity index (χ0) is 10.3. The summed E-state index contributed by atoms with van der Waals surface area (Å²) >= 11 is 1.34. The Hall–Kier alpha value is -0.690. The third kappa shape index (κ3) is 5.53. The molecule has 0 saturated heterocycles. The second-order valence-corrected chi connectivity index (χ2v) is 4.04. The van der Waals surface area contributed by atoms with Crippen LogP contribution < -0.4 is 0 Å². The van der Waals surface area contributed by atoms with Gasteiger partial charge in [-0.25, -0.2) is 0 Å². The number of thioether (sulfide) groups is 1. The largest absolute Gasteiger partial charge is 0.462 e. The molecule has 4 heteroatoms. The van der Waals surface area contributed by atoms with Gasteiger partial charge < -0.3 is 4.74 Å². The Labute approximate surface area is 83.4 Å². The second-order valence-electron chi connectivity index (χ2n) is 2.85. The Kier molecular flexibility index (Phi) is 6.43. The van der Waals surface area contributed by atoms with Crippen molar-refractivity contribution in [1.29, 1.82) is 5.26 Å². The van der Waals surface area contributed by atoms with Crippen molar-refractivity contribution < 1.29 is 9.53 Å². The first kappa shape index (κ1) is 12.3. The van der Waals surface area contributed by atoms with Crippen LogP contribution in [0.3, 0.4) is 0 Å². The highest BCUT2D eigenvalue weighted by Crippen LogP contribution is 2.16. The molecule has 0 aromatic rings. The van der Waals surface area contributed by atoms with Crippen LogP contribution in [0.1, 0.15) is 27.2 Å². The lowest BCUT2D eigenvalue weighted by Crippen LogP contribution is -2.23. The number of esters is 1. The van der Waals surface area contributed by atoms with Gasteiger partial charge in [0.05, 0.1) is 17.9 Å². The molecule has 0 saturated carbocycles. The van der Waals surface area contributed by atoms with Crippen molar-refractivity contribution in [2.45, 2.75) is 38.5 Å². The van der Waals surface area contributed by atoms with E-state index in [9.17, 15) is 4.79 Å². The fourth-order valence-corrected chi connectivity index (χ4v) is 1.50. The van der Waals surface area contributed by atoms with E-state index in [0.29, 0.717) is 12.2 Å². The zero-order valence-electron chi connectivity index (χ0n) is 8.24. The number of rotatable bonds is 5. The summed E-state index contributed by atoms with van der Waals surface area (Å²) in [5.74, 6) is 0.129. The van der Waals surface area contributed by atoms with Crippen LogP contribution in [0, 0.1) is 11.3 Å². The van der Waals surface area contributed by atoms with Gasteiger partial charge in [0.2, 0.25) is 0 Å². The van der Waals surface area contributed by atoms with Crippen molar-refractivity contribution in [2.24, 2.45) is 0 Å². The molecule has 0 aliphatic heterocycles. The van der Waals surface area contributed by atoms with E-state index in [-0.39, 0.29) is 17.3 Å². The normalized spacial score (nSPS) is 12.2. The smallest absolute Gasteiger partial charge is 0.319 e. The van der Waals surface area contributed by atoms with Gasteiger partial charge in [0.1, 0.15) is 5.25 Å². The lowest BCUT2D eigenvalue weighted by Gasteiger charge is -2.14. The summed E-state index contributed by atoms with van der Waals surface area (Å²) in [7, 11) is 0. The maximum Gasteiger partial charge on any atom is 0.319 e. The molecule has 0 spiro atoms. The minimum atomic E-state index is -0.210. The first-order valence-electron chi connectivity index (χ1n) is 4.30. The van der Waals surface area contributed by atoms with Crippen molar-refractivity contribution in [3.63, 3.8) is 0 Å². The number of hydrogen-bond donors (Lipinski definition) is 0. The predicted octanol–water partition coefficient (Wildman–Crippen LogP) is 1.97. The molecule has 13 heavy (non-hydrogen) atoms. The first-order valence-corrected chi connectivity index (χ1v) is 5.35. The van der Waals surface area contributed by atoms with Crippen LogP contribution in [-0.4, -0.2) is 23.1 Å². The van der Waals surface area contributed by atoms with Crippen LogP contribution in [0.25, 0.3) is 0 Å². The van der Waals surface area contributed by atoms with E-state index in [4.69, 9.17) is 10.00 Å². The number of hydrogen-bond acceptors (Lipinski definition) is 4. The summed E-state index contributed by atoms with van der Waals surface area (Å²) in [4.78, 5) is 11.3. The number of nitriles is 1. The molecular formula is C9H15NO2S. The highest BCUT2D eigenvalue weighted by Gasteiger charge is 2.18. The lowest BCUT2D eigenvalue weighted by molar-refractivity contribution is -0.146. The Balaban J connectivity index is 3.93. The maximum absolute atomic E-state index is 11.3. The monoisotopic (exact) mass is 201 g/mol. The molecule has 0 heterocycles. The van der Waals surface area contributed by atoms with E-state index in [2.05, 4.69) is 0 Å². The van der Waals surface area contributed by atoms with E-state index in [0.717, 1.165) is 0 Å². The Morgan fingerprint density at radius 2 is 2.23 bits per heavy atom. The van der Waals surface area contributed by atoms with E-state index < -0.39 is 0 Å². The van der Waals surface area contributed by atoms with Crippen molar-refractivity contribution in [3.05, 3.63) is 0 Å².